The van der Waals surface area contributed by atoms with Crippen molar-refractivity contribution >= 4 is 23.0 Å². The van der Waals surface area contributed by atoms with E-state index in [1.807, 2.05) is 18.2 Å². The van der Waals surface area contributed by atoms with E-state index in [4.69, 9.17) is 4.74 Å². The number of benzene rings is 2. The number of nitrogens with one attached hydrogen (secondary N) is 2. The van der Waals surface area contributed by atoms with E-state index in [1.54, 1.807) is 26.2 Å². The van der Waals surface area contributed by atoms with Crippen LogP contribution in [-0.4, -0.2) is 17.1 Å². The molecule has 0 bridgehead atoms. The number of anilines is 4. The maximum atomic E-state index is 13.8. The van der Waals surface area contributed by atoms with E-state index < -0.39 is 11.6 Å². The quantitative estimate of drug-likeness (QED) is 0.712. The number of methoxy groups -OCH3 is 1. The first-order chi connectivity index (χ1) is 12.0. The highest BCUT2D eigenvalue weighted by Crippen LogP contribution is 2.25. The minimum Gasteiger partial charge on any atom is -0.497 e. The third-order valence-electron chi connectivity index (χ3n) is 3.40. The molecule has 0 spiro atoms. The van der Waals surface area contributed by atoms with E-state index in [2.05, 4.69) is 20.6 Å². The third kappa shape index (κ3) is 4.00. The summed E-state index contributed by atoms with van der Waals surface area (Å²) in [6.45, 7) is 1.69. The van der Waals surface area contributed by atoms with Crippen LogP contribution < -0.4 is 15.4 Å². The first-order valence-electron chi connectivity index (χ1n) is 7.53. The topological polar surface area (TPSA) is 59.1 Å². The predicted molar refractivity (Wildman–Crippen MR) is 92.7 cm³/mol. The lowest BCUT2D eigenvalue weighted by Gasteiger charge is -2.12. The predicted octanol–water partition coefficient (Wildman–Crippen LogP) is 4.56. The lowest BCUT2D eigenvalue weighted by Crippen LogP contribution is -2.03. The molecule has 1 aromatic heterocycles. The minimum atomic E-state index is -0.696. The second-order valence-corrected chi connectivity index (χ2v) is 5.26. The average Bonchev–Trinajstić information content (AvgIpc) is 2.58. The summed E-state index contributed by atoms with van der Waals surface area (Å²) < 4.78 is 32.8. The van der Waals surface area contributed by atoms with Crippen LogP contribution >= 0.6 is 0 Å². The summed E-state index contributed by atoms with van der Waals surface area (Å²) in [5.74, 6) is 0.522. The van der Waals surface area contributed by atoms with Gasteiger partial charge in [0, 0.05) is 17.8 Å². The second-order valence-electron chi connectivity index (χ2n) is 5.26. The van der Waals surface area contributed by atoms with Crippen molar-refractivity contribution in [3.63, 3.8) is 0 Å². The molecule has 2 N–H and O–H groups in total. The van der Waals surface area contributed by atoms with Crippen molar-refractivity contribution in [3.05, 3.63) is 66.0 Å². The van der Waals surface area contributed by atoms with Gasteiger partial charge < -0.3 is 15.4 Å². The van der Waals surface area contributed by atoms with Gasteiger partial charge in [-0.05, 0) is 31.2 Å². The zero-order valence-corrected chi connectivity index (χ0v) is 13.7. The summed E-state index contributed by atoms with van der Waals surface area (Å²) in [5.41, 5.74) is 0.508. The smallest absolute Gasteiger partial charge is 0.149 e. The fourth-order valence-corrected chi connectivity index (χ4v) is 2.29. The number of hydrogen-bond acceptors (Lipinski definition) is 5. The molecular formula is C18H16F2N4O. The molecule has 0 amide bonds. The summed E-state index contributed by atoms with van der Waals surface area (Å²) in [7, 11) is 1.58. The van der Waals surface area contributed by atoms with Crippen LogP contribution in [0, 0.1) is 18.6 Å². The normalized spacial score (nSPS) is 10.4. The van der Waals surface area contributed by atoms with Gasteiger partial charge in [-0.15, -0.1) is 0 Å². The lowest BCUT2D eigenvalue weighted by molar-refractivity contribution is 0.415. The Morgan fingerprint density at radius 1 is 0.880 bits per heavy atom. The highest BCUT2D eigenvalue weighted by atomic mass is 19.1. The van der Waals surface area contributed by atoms with Gasteiger partial charge in [-0.25, -0.2) is 18.7 Å². The van der Waals surface area contributed by atoms with Crippen molar-refractivity contribution in [2.45, 2.75) is 6.92 Å². The molecule has 3 rings (SSSR count). The SMILES string of the molecule is COc1cccc(Nc2cc(Nc3c(F)cccc3F)nc(C)n2)c1. The molecule has 3 aromatic rings. The molecule has 0 fully saturated rings. The fraction of sp³-hybridized carbons (Fsp3) is 0.111. The van der Waals surface area contributed by atoms with Crippen LogP contribution in [-0.2, 0) is 0 Å². The second kappa shape index (κ2) is 7.12. The van der Waals surface area contributed by atoms with Gasteiger partial charge in [-0.1, -0.05) is 12.1 Å². The van der Waals surface area contributed by atoms with E-state index in [-0.39, 0.29) is 11.5 Å². The molecule has 2 aromatic carbocycles. The number of halogens is 2. The summed E-state index contributed by atoms with van der Waals surface area (Å²) in [6.07, 6.45) is 0. The molecule has 7 heteroatoms. The van der Waals surface area contributed by atoms with Gasteiger partial charge in [-0.2, -0.15) is 0 Å². The number of hydrogen-bond donors (Lipinski definition) is 2. The van der Waals surface area contributed by atoms with Crippen molar-refractivity contribution in [1.29, 1.82) is 0 Å². The number of ether oxygens (including phenoxy) is 1. The summed E-state index contributed by atoms with van der Waals surface area (Å²) in [4.78, 5) is 8.45. The molecule has 0 aliphatic carbocycles. The third-order valence-corrected chi connectivity index (χ3v) is 3.40. The molecule has 128 valence electrons. The monoisotopic (exact) mass is 342 g/mol. The number of rotatable bonds is 5. The number of nitrogens with zero attached hydrogens (tertiary/aromatic N) is 2. The maximum Gasteiger partial charge on any atom is 0.149 e. The number of aryl methyl sites for hydroxylation is 1. The summed E-state index contributed by atoms with van der Waals surface area (Å²) in [5, 5.41) is 5.78. The van der Waals surface area contributed by atoms with Crippen LogP contribution in [0.3, 0.4) is 0 Å². The zero-order chi connectivity index (χ0) is 17.8. The zero-order valence-electron chi connectivity index (χ0n) is 13.7. The number of aromatic nitrogens is 2. The van der Waals surface area contributed by atoms with Crippen LogP contribution in [0.4, 0.5) is 31.8 Å². The van der Waals surface area contributed by atoms with Crippen molar-refractivity contribution in [3.8, 4) is 5.75 Å². The molecule has 0 saturated heterocycles. The molecule has 0 saturated carbocycles. The molecule has 25 heavy (non-hydrogen) atoms. The number of para-hydroxylation sites is 1. The first-order valence-corrected chi connectivity index (χ1v) is 7.53. The van der Waals surface area contributed by atoms with Gasteiger partial charge in [0.2, 0.25) is 0 Å². The van der Waals surface area contributed by atoms with Crippen molar-refractivity contribution in [2.75, 3.05) is 17.7 Å². The molecule has 0 aliphatic heterocycles. The molecule has 0 unspecified atom stereocenters. The molecule has 1 heterocycles. The van der Waals surface area contributed by atoms with Crippen molar-refractivity contribution in [1.82, 2.24) is 9.97 Å². The average molecular weight is 342 g/mol. The summed E-state index contributed by atoms with van der Waals surface area (Å²) in [6, 6.07) is 12.5. The van der Waals surface area contributed by atoms with E-state index in [0.29, 0.717) is 17.4 Å². The van der Waals surface area contributed by atoms with Gasteiger partial charge >= 0.3 is 0 Å². The van der Waals surface area contributed by atoms with Crippen molar-refractivity contribution < 1.29 is 13.5 Å². The fourth-order valence-electron chi connectivity index (χ4n) is 2.29. The van der Waals surface area contributed by atoms with Gasteiger partial charge in [0.05, 0.1) is 7.11 Å². The molecule has 5 nitrogen and oxygen atoms in total. The molecular weight excluding hydrogens is 326 g/mol. The Morgan fingerprint density at radius 3 is 2.20 bits per heavy atom. The summed E-state index contributed by atoms with van der Waals surface area (Å²) >= 11 is 0. The van der Waals surface area contributed by atoms with Gasteiger partial charge in [0.15, 0.2) is 0 Å². The van der Waals surface area contributed by atoms with Crippen LogP contribution in [0.15, 0.2) is 48.5 Å². The lowest BCUT2D eigenvalue weighted by atomic mass is 10.3. The van der Waals surface area contributed by atoms with E-state index in [9.17, 15) is 8.78 Å². The highest BCUT2D eigenvalue weighted by molar-refractivity contribution is 5.64. The van der Waals surface area contributed by atoms with E-state index in [0.717, 1.165) is 5.69 Å². The Kier molecular flexibility index (Phi) is 4.74. The maximum absolute atomic E-state index is 13.8. The Balaban J connectivity index is 1.87. The van der Waals surface area contributed by atoms with Crippen LogP contribution in [0.1, 0.15) is 5.82 Å². The molecule has 0 atom stereocenters. The Hall–Kier alpha value is -3.22. The van der Waals surface area contributed by atoms with Gasteiger partial charge in [-0.3, -0.25) is 0 Å². The van der Waals surface area contributed by atoms with Gasteiger partial charge in [0.1, 0.15) is 40.5 Å². The van der Waals surface area contributed by atoms with Crippen LogP contribution in [0.2, 0.25) is 0 Å². The van der Waals surface area contributed by atoms with E-state index in [1.165, 1.54) is 18.2 Å². The van der Waals surface area contributed by atoms with Gasteiger partial charge in [0.25, 0.3) is 0 Å². The minimum absolute atomic E-state index is 0.257. The van der Waals surface area contributed by atoms with Crippen molar-refractivity contribution in [2.24, 2.45) is 0 Å². The Morgan fingerprint density at radius 2 is 1.52 bits per heavy atom. The Bertz CT molecular complexity index is 882. The standard InChI is InChI=1S/C18H16F2N4O/c1-11-21-16(23-12-5-3-6-13(9-12)25-2)10-17(22-11)24-18-14(19)7-4-8-15(18)20/h3-10H,1-2H3,(H2,21,22,23,24). The van der Waals surface area contributed by atoms with Crippen LogP contribution in [0.5, 0.6) is 5.75 Å². The Labute approximate surface area is 143 Å². The molecule has 0 radical (unpaired) electrons. The highest BCUT2D eigenvalue weighted by Gasteiger charge is 2.10. The first kappa shape index (κ1) is 16.6. The van der Waals surface area contributed by atoms with Crippen LogP contribution in [0.25, 0.3) is 0 Å². The largest absolute Gasteiger partial charge is 0.497 e. The van der Waals surface area contributed by atoms with E-state index >= 15 is 0 Å². The molecule has 0 aliphatic rings.